The summed E-state index contributed by atoms with van der Waals surface area (Å²) in [5, 5.41) is 7.34. The molecule has 0 atom stereocenters. The molecule has 0 unspecified atom stereocenters. The van der Waals surface area contributed by atoms with Crippen LogP contribution in [0.5, 0.6) is 5.75 Å². The Labute approximate surface area is 85.7 Å². The molecule has 1 aromatic carbocycles. The van der Waals surface area contributed by atoms with Crippen LogP contribution in [0.4, 0.5) is 0 Å². The van der Waals surface area contributed by atoms with E-state index in [0.29, 0.717) is 0 Å². The van der Waals surface area contributed by atoms with Gasteiger partial charge < -0.3 is 4.74 Å². The second-order valence-corrected chi connectivity index (χ2v) is 3.63. The van der Waals surface area contributed by atoms with E-state index in [1.165, 1.54) is 18.1 Å². The van der Waals surface area contributed by atoms with Crippen molar-refractivity contribution in [3.05, 3.63) is 30.6 Å². The van der Waals surface area contributed by atoms with Gasteiger partial charge in [-0.1, -0.05) is 11.8 Å². The van der Waals surface area contributed by atoms with E-state index in [4.69, 9.17) is 4.74 Å². The first-order chi connectivity index (χ1) is 6.88. The zero-order valence-corrected chi connectivity index (χ0v) is 8.41. The summed E-state index contributed by atoms with van der Waals surface area (Å²) in [6, 6.07) is 7.79. The fourth-order valence-electron chi connectivity index (χ4n) is 0.999. The maximum Gasteiger partial charge on any atom is 0.188 e. The Balaban J connectivity index is 2.10. The summed E-state index contributed by atoms with van der Waals surface area (Å²) in [6.45, 7) is 0. The second kappa shape index (κ2) is 4.15. The molecule has 0 amide bonds. The second-order valence-electron chi connectivity index (χ2n) is 2.57. The van der Waals surface area contributed by atoms with E-state index in [0.717, 1.165) is 15.8 Å². The average Bonchev–Trinajstić information content (AvgIpc) is 2.72. The number of aromatic amines is 1. The molecule has 0 aliphatic heterocycles. The van der Waals surface area contributed by atoms with Crippen LogP contribution in [-0.4, -0.2) is 22.3 Å². The number of hydrogen-bond donors (Lipinski definition) is 1. The quantitative estimate of drug-likeness (QED) is 0.836. The Bertz CT molecular complexity index is 385. The van der Waals surface area contributed by atoms with Crippen LogP contribution >= 0.6 is 11.8 Å². The fraction of sp³-hybridized carbons (Fsp3) is 0.111. The molecule has 0 saturated carbocycles. The molecule has 1 heterocycles. The number of benzene rings is 1. The number of hydrogen-bond acceptors (Lipinski definition) is 4. The monoisotopic (exact) mass is 207 g/mol. The zero-order valence-electron chi connectivity index (χ0n) is 7.60. The van der Waals surface area contributed by atoms with Crippen LogP contribution < -0.4 is 4.74 Å². The van der Waals surface area contributed by atoms with Crippen LogP contribution in [0.25, 0.3) is 0 Å². The molecule has 0 radical (unpaired) electrons. The van der Waals surface area contributed by atoms with Crippen molar-refractivity contribution in [2.75, 3.05) is 7.11 Å². The molecule has 14 heavy (non-hydrogen) atoms. The van der Waals surface area contributed by atoms with E-state index in [1.54, 1.807) is 7.11 Å². The molecule has 72 valence electrons. The number of nitrogens with one attached hydrogen (secondary N) is 1. The van der Waals surface area contributed by atoms with Gasteiger partial charge in [-0.15, -0.1) is 0 Å². The van der Waals surface area contributed by atoms with Crippen molar-refractivity contribution in [3.8, 4) is 5.75 Å². The average molecular weight is 207 g/mol. The minimum atomic E-state index is 0.787. The Morgan fingerprint density at radius 1 is 1.29 bits per heavy atom. The SMILES string of the molecule is COc1ccc(Sc2ncn[nH]2)cc1. The van der Waals surface area contributed by atoms with Crippen molar-refractivity contribution in [1.29, 1.82) is 0 Å². The molecule has 2 rings (SSSR count). The molecule has 0 spiro atoms. The van der Waals surface area contributed by atoms with Crippen molar-refractivity contribution < 1.29 is 4.74 Å². The first-order valence-electron chi connectivity index (χ1n) is 4.06. The summed E-state index contributed by atoms with van der Waals surface area (Å²) in [7, 11) is 1.65. The van der Waals surface area contributed by atoms with E-state index >= 15 is 0 Å². The van der Waals surface area contributed by atoms with Crippen LogP contribution in [0.1, 0.15) is 0 Å². The highest BCUT2D eigenvalue weighted by Gasteiger charge is 1.99. The number of H-pyrrole nitrogens is 1. The molecule has 0 aliphatic carbocycles. The van der Waals surface area contributed by atoms with Gasteiger partial charge in [0.05, 0.1) is 7.11 Å². The van der Waals surface area contributed by atoms with Crippen molar-refractivity contribution in [2.24, 2.45) is 0 Å². The first kappa shape index (κ1) is 9.08. The Morgan fingerprint density at radius 2 is 2.07 bits per heavy atom. The van der Waals surface area contributed by atoms with Crippen LogP contribution in [0, 0.1) is 0 Å². The maximum atomic E-state index is 5.06. The van der Waals surface area contributed by atoms with Crippen molar-refractivity contribution in [2.45, 2.75) is 10.1 Å². The van der Waals surface area contributed by atoms with E-state index in [-0.39, 0.29) is 0 Å². The highest BCUT2D eigenvalue weighted by molar-refractivity contribution is 7.99. The molecule has 0 bridgehead atoms. The predicted octanol–water partition coefficient (Wildman–Crippen LogP) is 1.96. The summed E-state index contributed by atoms with van der Waals surface area (Å²) in [4.78, 5) is 5.12. The van der Waals surface area contributed by atoms with Gasteiger partial charge in [0.2, 0.25) is 0 Å². The third-order valence-corrected chi connectivity index (χ3v) is 2.56. The minimum absolute atomic E-state index is 0.787. The number of ether oxygens (including phenoxy) is 1. The summed E-state index contributed by atoms with van der Waals surface area (Å²) in [5.41, 5.74) is 0. The predicted molar refractivity (Wildman–Crippen MR) is 53.5 cm³/mol. The molecule has 5 heteroatoms. The molecule has 0 fully saturated rings. The summed E-state index contributed by atoms with van der Waals surface area (Å²) in [6.07, 6.45) is 1.49. The Morgan fingerprint density at radius 3 is 2.64 bits per heavy atom. The smallest absolute Gasteiger partial charge is 0.188 e. The summed E-state index contributed by atoms with van der Waals surface area (Å²) < 4.78 is 5.06. The largest absolute Gasteiger partial charge is 0.497 e. The number of aromatic nitrogens is 3. The summed E-state index contributed by atoms with van der Waals surface area (Å²) >= 11 is 1.53. The number of nitrogens with zero attached hydrogens (tertiary/aromatic N) is 2. The minimum Gasteiger partial charge on any atom is -0.497 e. The standard InChI is InChI=1S/C9H9N3OS/c1-13-7-2-4-8(5-3-7)14-9-10-6-11-12-9/h2-6H,1H3,(H,10,11,12). The maximum absolute atomic E-state index is 5.06. The van der Waals surface area contributed by atoms with Gasteiger partial charge in [0.1, 0.15) is 12.1 Å². The van der Waals surface area contributed by atoms with Gasteiger partial charge in [-0.05, 0) is 24.3 Å². The Kier molecular flexibility index (Phi) is 2.69. The lowest BCUT2D eigenvalue weighted by atomic mass is 10.3. The highest BCUT2D eigenvalue weighted by Crippen LogP contribution is 2.25. The van der Waals surface area contributed by atoms with Crippen molar-refractivity contribution >= 4 is 11.8 Å². The van der Waals surface area contributed by atoms with Crippen LogP contribution in [-0.2, 0) is 0 Å². The molecule has 0 aliphatic rings. The van der Waals surface area contributed by atoms with Gasteiger partial charge in [-0.3, -0.25) is 5.10 Å². The molecular formula is C9H9N3OS. The van der Waals surface area contributed by atoms with Gasteiger partial charge in [0.25, 0.3) is 0 Å². The van der Waals surface area contributed by atoms with Gasteiger partial charge >= 0.3 is 0 Å². The van der Waals surface area contributed by atoms with Gasteiger partial charge in [-0.2, -0.15) is 5.10 Å². The van der Waals surface area contributed by atoms with E-state index in [9.17, 15) is 0 Å². The van der Waals surface area contributed by atoms with E-state index in [1.807, 2.05) is 24.3 Å². The molecule has 2 aromatic rings. The zero-order chi connectivity index (χ0) is 9.80. The Hall–Kier alpha value is -1.49. The summed E-state index contributed by atoms with van der Waals surface area (Å²) in [5.74, 6) is 0.854. The lowest BCUT2D eigenvalue weighted by Gasteiger charge is -2.00. The van der Waals surface area contributed by atoms with Crippen LogP contribution in [0.2, 0.25) is 0 Å². The number of methoxy groups -OCH3 is 1. The first-order valence-corrected chi connectivity index (χ1v) is 4.87. The van der Waals surface area contributed by atoms with Crippen molar-refractivity contribution in [3.63, 3.8) is 0 Å². The molecular weight excluding hydrogens is 198 g/mol. The third-order valence-electron chi connectivity index (χ3n) is 1.67. The molecule has 4 nitrogen and oxygen atoms in total. The highest BCUT2D eigenvalue weighted by atomic mass is 32.2. The number of rotatable bonds is 3. The van der Waals surface area contributed by atoms with Gasteiger partial charge in [-0.25, -0.2) is 4.98 Å². The van der Waals surface area contributed by atoms with Crippen LogP contribution in [0.3, 0.4) is 0 Å². The molecule has 0 saturated heterocycles. The molecule has 1 N–H and O–H groups in total. The fourth-order valence-corrected chi connectivity index (χ4v) is 1.69. The van der Waals surface area contributed by atoms with Crippen molar-refractivity contribution in [1.82, 2.24) is 15.2 Å². The topological polar surface area (TPSA) is 50.8 Å². The molecule has 1 aromatic heterocycles. The van der Waals surface area contributed by atoms with E-state index < -0.39 is 0 Å². The van der Waals surface area contributed by atoms with Gasteiger partial charge in [0.15, 0.2) is 5.16 Å². The lowest BCUT2D eigenvalue weighted by Crippen LogP contribution is -1.81. The lowest BCUT2D eigenvalue weighted by molar-refractivity contribution is 0.414. The van der Waals surface area contributed by atoms with E-state index in [2.05, 4.69) is 15.2 Å². The third kappa shape index (κ3) is 2.05. The van der Waals surface area contributed by atoms with Crippen LogP contribution in [0.15, 0.2) is 40.6 Å². The van der Waals surface area contributed by atoms with Gasteiger partial charge in [0, 0.05) is 4.90 Å². The normalized spacial score (nSPS) is 10.1.